The molecule has 0 N–H and O–H groups in total. The zero-order chi connectivity index (χ0) is 15.0. The predicted molar refractivity (Wildman–Crippen MR) is 77.8 cm³/mol. The van der Waals surface area contributed by atoms with Crippen LogP contribution in [-0.2, 0) is 4.79 Å². The van der Waals surface area contributed by atoms with Crippen LogP contribution >= 0.6 is 11.6 Å². The Labute approximate surface area is 128 Å². The van der Waals surface area contributed by atoms with Gasteiger partial charge in [0, 0.05) is 24.9 Å². The highest BCUT2D eigenvalue weighted by Gasteiger charge is 2.40. The van der Waals surface area contributed by atoms with Crippen molar-refractivity contribution in [2.45, 2.75) is 38.1 Å². The van der Waals surface area contributed by atoms with Gasteiger partial charge in [0.25, 0.3) is 5.91 Å². The Morgan fingerprint density at radius 2 is 2.10 bits per heavy atom. The molecule has 2 unspecified atom stereocenters. The maximum absolute atomic E-state index is 13.1. The largest absolute Gasteiger partial charge is 0.335 e. The number of nitrogens with zero attached hydrogens (tertiary/aromatic N) is 1. The normalized spacial score (nSPS) is 25.6. The molecule has 1 saturated heterocycles. The zero-order valence-electron chi connectivity index (χ0n) is 11.6. The molecule has 0 bridgehead atoms. The van der Waals surface area contributed by atoms with Crippen molar-refractivity contribution in [1.29, 1.82) is 0 Å². The van der Waals surface area contributed by atoms with E-state index in [1.165, 1.54) is 12.1 Å². The van der Waals surface area contributed by atoms with Gasteiger partial charge in [-0.15, -0.1) is 0 Å². The topological polar surface area (TPSA) is 37.4 Å². The molecule has 112 valence electrons. The minimum absolute atomic E-state index is 0.0198. The molecule has 1 aromatic carbocycles. The number of rotatable bonds is 2. The smallest absolute Gasteiger partial charge is 0.255 e. The lowest BCUT2D eigenvalue weighted by atomic mass is 9.94. The first-order chi connectivity index (χ1) is 10.1. The molecule has 1 saturated carbocycles. The fraction of sp³-hybridized carbons (Fsp3) is 0.500. The molecule has 0 aromatic heterocycles. The molecule has 1 aliphatic carbocycles. The lowest BCUT2D eigenvalue weighted by Gasteiger charge is -2.29. The predicted octanol–water partition coefficient (Wildman–Crippen LogP) is 3.45. The maximum Gasteiger partial charge on any atom is 0.255 e. The van der Waals surface area contributed by atoms with Crippen molar-refractivity contribution >= 4 is 23.3 Å². The van der Waals surface area contributed by atoms with Crippen molar-refractivity contribution in [3.8, 4) is 0 Å². The van der Waals surface area contributed by atoms with Crippen LogP contribution in [0.3, 0.4) is 0 Å². The second-order valence-corrected chi connectivity index (χ2v) is 6.20. The number of Topliss-reactive ketones (excluding diaryl/α,β-unsaturated/α-hetero) is 1. The Balaban J connectivity index is 1.84. The van der Waals surface area contributed by atoms with E-state index in [0.717, 1.165) is 31.7 Å². The summed E-state index contributed by atoms with van der Waals surface area (Å²) >= 11 is 5.98. The van der Waals surface area contributed by atoms with Crippen LogP contribution in [0.15, 0.2) is 18.2 Å². The standard InChI is InChI=1S/C16H17ClFNO2/c17-13-9-10(18)6-7-11(13)16(21)19-8-2-4-14(19)12-3-1-5-15(12)20/h6-7,9,12,14H,1-5,8H2. The molecule has 2 aliphatic rings. The number of hydrogen-bond acceptors (Lipinski definition) is 2. The van der Waals surface area contributed by atoms with Crippen LogP contribution in [0.25, 0.3) is 0 Å². The summed E-state index contributed by atoms with van der Waals surface area (Å²) in [5.41, 5.74) is 0.315. The Morgan fingerprint density at radius 3 is 2.76 bits per heavy atom. The van der Waals surface area contributed by atoms with Gasteiger partial charge in [-0.05, 0) is 43.9 Å². The van der Waals surface area contributed by atoms with Gasteiger partial charge in [-0.2, -0.15) is 0 Å². The second-order valence-electron chi connectivity index (χ2n) is 5.80. The van der Waals surface area contributed by atoms with Gasteiger partial charge in [-0.1, -0.05) is 11.6 Å². The molecule has 0 spiro atoms. The van der Waals surface area contributed by atoms with E-state index in [1.54, 1.807) is 4.90 Å². The van der Waals surface area contributed by atoms with E-state index in [0.29, 0.717) is 18.5 Å². The third-order valence-electron chi connectivity index (χ3n) is 4.54. The number of ketones is 1. The number of amides is 1. The number of likely N-dealkylation sites (tertiary alicyclic amines) is 1. The molecule has 0 radical (unpaired) electrons. The molecule has 1 heterocycles. The molecule has 1 aliphatic heterocycles. The highest BCUT2D eigenvalue weighted by molar-refractivity contribution is 6.33. The van der Waals surface area contributed by atoms with E-state index in [4.69, 9.17) is 11.6 Å². The molecular formula is C16H17ClFNO2. The summed E-state index contributed by atoms with van der Waals surface area (Å²) in [5, 5.41) is 0.128. The highest BCUT2D eigenvalue weighted by Crippen LogP contribution is 2.34. The average Bonchev–Trinajstić information content (AvgIpc) is 3.06. The van der Waals surface area contributed by atoms with Crippen molar-refractivity contribution in [1.82, 2.24) is 4.90 Å². The Morgan fingerprint density at radius 1 is 1.29 bits per heavy atom. The molecule has 2 fully saturated rings. The third kappa shape index (κ3) is 2.69. The van der Waals surface area contributed by atoms with Gasteiger partial charge in [-0.25, -0.2) is 4.39 Å². The summed E-state index contributed by atoms with van der Waals surface area (Å²) < 4.78 is 13.1. The number of benzene rings is 1. The van der Waals surface area contributed by atoms with Crippen LogP contribution in [-0.4, -0.2) is 29.2 Å². The molecule has 21 heavy (non-hydrogen) atoms. The van der Waals surface area contributed by atoms with Crippen LogP contribution < -0.4 is 0 Å². The van der Waals surface area contributed by atoms with Crippen LogP contribution in [0.4, 0.5) is 4.39 Å². The second kappa shape index (κ2) is 5.76. The molecule has 5 heteroatoms. The van der Waals surface area contributed by atoms with E-state index < -0.39 is 5.82 Å². The Hall–Kier alpha value is -1.42. The third-order valence-corrected chi connectivity index (χ3v) is 4.85. The number of carbonyl (C=O) groups is 2. The van der Waals surface area contributed by atoms with Gasteiger partial charge in [0.1, 0.15) is 11.6 Å². The van der Waals surface area contributed by atoms with Crippen LogP contribution in [0.1, 0.15) is 42.5 Å². The van der Waals surface area contributed by atoms with Gasteiger partial charge in [-0.3, -0.25) is 9.59 Å². The van der Waals surface area contributed by atoms with Crippen LogP contribution in [0.2, 0.25) is 5.02 Å². The molecule has 2 atom stereocenters. The first-order valence-electron chi connectivity index (χ1n) is 7.36. The average molecular weight is 310 g/mol. The van der Waals surface area contributed by atoms with Crippen molar-refractivity contribution in [2.75, 3.05) is 6.54 Å². The summed E-state index contributed by atoms with van der Waals surface area (Å²) in [5.74, 6) is -0.414. The molecule has 3 nitrogen and oxygen atoms in total. The quantitative estimate of drug-likeness (QED) is 0.839. The van der Waals surface area contributed by atoms with E-state index in [9.17, 15) is 14.0 Å². The minimum Gasteiger partial charge on any atom is -0.335 e. The fourth-order valence-corrected chi connectivity index (χ4v) is 3.78. The summed E-state index contributed by atoms with van der Waals surface area (Å²) in [4.78, 5) is 26.4. The van der Waals surface area contributed by atoms with Crippen LogP contribution in [0, 0.1) is 11.7 Å². The van der Waals surface area contributed by atoms with E-state index >= 15 is 0 Å². The van der Waals surface area contributed by atoms with Crippen molar-refractivity contribution in [3.05, 3.63) is 34.6 Å². The van der Waals surface area contributed by atoms with Gasteiger partial charge in [0.2, 0.25) is 0 Å². The zero-order valence-corrected chi connectivity index (χ0v) is 12.4. The molecule has 1 amide bonds. The first kappa shape index (κ1) is 14.5. The number of hydrogen-bond donors (Lipinski definition) is 0. The minimum atomic E-state index is -0.458. The molecular weight excluding hydrogens is 293 g/mol. The first-order valence-corrected chi connectivity index (χ1v) is 7.74. The monoisotopic (exact) mass is 309 g/mol. The summed E-state index contributed by atoms with van der Waals surface area (Å²) in [6.07, 6.45) is 4.17. The summed E-state index contributed by atoms with van der Waals surface area (Å²) in [6.45, 7) is 0.640. The van der Waals surface area contributed by atoms with Gasteiger partial charge >= 0.3 is 0 Å². The van der Waals surface area contributed by atoms with Gasteiger partial charge < -0.3 is 4.90 Å². The Kier molecular flexibility index (Phi) is 3.98. The lowest BCUT2D eigenvalue weighted by Crippen LogP contribution is -2.41. The summed E-state index contributed by atoms with van der Waals surface area (Å²) in [6, 6.07) is 3.80. The summed E-state index contributed by atoms with van der Waals surface area (Å²) in [7, 11) is 0. The van der Waals surface area contributed by atoms with E-state index in [1.807, 2.05) is 0 Å². The van der Waals surface area contributed by atoms with Crippen molar-refractivity contribution in [3.63, 3.8) is 0 Å². The SMILES string of the molecule is O=C1CCCC1C1CCCN1C(=O)c1ccc(F)cc1Cl. The van der Waals surface area contributed by atoms with Gasteiger partial charge in [0.05, 0.1) is 10.6 Å². The van der Waals surface area contributed by atoms with Gasteiger partial charge in [0.15, 0.2) is 0 Å². The van der Waals surface area contributed by atoms with E-state index in [2.05, 4.69) is 0 Å². The van der Waals surface area contributed by atoms with Crippen molar-refractivity contribution in [2.24, 2.45) is 5.92 Å². The maximum atomic E-state index is 13.1. The lowest BCUT2D eigenvalue weighted by molar-refractivity contribution is -0.121. The van der Waals surface area contributed by atoms with Crippen LogP contribution in [0.5, 0.6) is 0 Å². The molecule has 1 aromatic rings. The highest BCUT2D eigenvalue weighted by atomic mass is 35.5. The van der Waals surface area contributed by atoms with Crippen molar-refractivity contribution < 1.29 is 14.0 Å². The molecule has 3 rings (SSSR count). The number of carbonyl (C=O) groups excluding carboxylic acids is 2. The van der Waals surface area contributed by atoms with E-state index in [-0.39, 0.29) is 28.7 Å². The Bertz CT molecular complexity index is 590. The fourth-order valence-electron chi connectivity index (χ4n) is 3.53. The number of halogens is 2.